The van der Waals surface area contributed by atoms with Crippen molar-refractivity contribution in [1.29, 1.82) is 5.26 Å². The highest BCUT2D eigenvalue weighted by Crippen LogP contribution is 2.06. The van der Waals surface area contributed by atoms with Crippen molar-refractivity contribution < 1.29 is 4.79 Å². The first-order valence-electron chi connectivity index (χ1n) is 6.08. The fourth-order valence-corrected chi connectivity index (χ4v) is 1.51. The second-order valence-corrected chi connectivity index (χ2v) is 3.89. The number of nitriles is 1. The second kappa shape index (κ2) is 11.7. The summed E-state index contributed by atoms with van der Waals surface area (Å²) >= 11 is 0. The maximum Gasteiger partial charge on any atom is 0.165 e. The van der Waals surface area contributed by atoms with E-state index in [2.05, 4.69) is 16.3 Å². The Hall–Kier alpha value is -1.80. The summed E-state index contributed by atoms with van der Waals surface area (Å²) < 4.78 is 0. The number of hydrogen-bond donors (Lipinski definition) is 2. The zero-order chi connectivity index (χ0) is 13.6. The molecular weight excluding hydrogens is 228 g/mol. The number of rotatable bonds is 5. The van der Waals surface area contributed by atoms with E-state index in [4.69, 9.17) is 11.0 Å². The van der Waals surface area contributed by atoms with Crippen molar-refractivity contribution in [3.8, 4) is 6.07 Å². The number of nitrogens with one attached hydrogen (secondary N) is 1. The van der Waals surface area contributed by atoms with E-state index >= 15 is 0 Å². The van der Waals surface area contributed by atoms with Crippen LogP contribution in [0.2, 0.25) is 0 Å². The Morgan fingerprint density at radius 3 is 2.67 bits per heavy atom. The lowest BCUT2D eigenvalue weighted by Gasteiger charge is -2.10. The summed E-state index contributed by atoms with van der Waals surface area (Å²) in [4.78, 5) is 12.2. The molecule has 1 saturated heterocycles. The van der Waals surface area contributed by atoms with Gasteiger partial charge < -0.3 is 16.0 Å². The van der Waals surface area contributed by atoms with Gasteiger partial charge in [0.1, 0.15) is 0 Å². The first-order valence-corrected chi connectivity index (χ1v) is 6.08. The van der Waals surface area contributed by atoms with Gasteiger partial charge in [-0.3, -0.25) is 4.79 Å². The third-order valence-electron chi connectivity index (χ3n) is 2.43. The fourth-order valence-electron chi connectivity index (χ4n) is 1.51. The molecule has 0 unspecified atom stereocenters. The van der Waals surface area contributed by atoms with Crippen LogP contribution in [0.1, 0.15) is 19.3 Å². The van der Waals surface area contributed by atoms with Crippen LogP contribution >= 0.6 is 0 Å². The van der Waals surface area contributed by atoms with Gasteiger partial charge in [0.05, 0.1) is 11.8 Å². The van der Waals surface area contributed by atoms with Crippen LogP contribution < -0.4 is 11.1 Å². The SMILES string of the molecule is CN/C=C\C=C(\N)C=O.N#CCCN1CCCC1. The Morgan fingerprint density at radius 2 is 2.17 bits per heavy atom. The highest BCUT2D eigenvalue weighted by molar-refractivity contribution is 5.72. The molecule has 0 atom stereocenters. The predicted octanol–water partition coefficient (Wildman–Crippen LogP) is 0.757. The lowest BCUT2D eigenvalue weighted by molar-refractivity contribution is -0.104. The highest BCUT2D eigenvalue weighted by atomic mass is 16.1. The smallest absolute Gasteiger partial charge is 0.165 e. The van der Waals surface area contributed by atoms with Gasteiger partial charge in [-0.05, 0) is 44.3 Å². The van der Waals surface area contributed by atoms with Crippen LogP contribution in [0.5, 0.6) is 0 Å². The van der Waals surface area contributed by atoms with Crippen molar-refractivity contribution in [2.75, 3.05) is 26.7 Å². The lowest BCUT2D eigenvalue weighted by Crippen LogP contribution is -2.19. The monoisotopic (exact) mass is 250 g/mol. The van der Waals surface area contributed by atoms with Crippen LogP contribution in [0.3, 0.4) is 0 Å². The van der Waals surface area contributed by atoms with Crippen molar-refractivity contribution in [1.82, 2.24) is 10.2 Å². The summed E-state index contributed by atoms with van der Waals surface area (Å²) in [5.74, 6) is 0. The molecule has 18 heavy (non-hydrogen) atoms. The van der Waals surface area contributed by atoms with E-state index in [1.54, 1.807) is 19.3 Å². The van der Waals surface area contributed by atoms with Crippen molar-refractivity contribution in [2.24, 2.45) is 5.73 Å². The van der Waals surface area contributed by atoms with Gasteiger partial charge in [-0.25, -0.2) is 0 Å². The van der Waals surface area contributed by atoms with Crippen molar-refractivity contribution in [3.63, 3.8) is 0 Å². The van der Waals surface area contributed by atoms with E-state index in [1.807, 2.05) is 0 Å². The maximum atomic E-state index is 9.85. The molecule has 1 fully saturated rings. The van der Waals surface area contributed by atoms with Gasteiger partial charge in [0.15, 0.2) is 6.29 Å². The van der Waals surface area contributed by atoms with Gasteiger partial charge in [0, 0.05) is 20.0 Å². The van der Waals surface area contributed by atoms with Crippen LogP contribution in [-0.4, -0.2) is 37.9 Å². The minimum atomic E-state index is 0.224. The summed E-state index contributed by atoms with van der Waals surface area (Å²) in [5.41, 5.74) is 5.35. The van der Waals surface area contributed by atoms with E-state index < -0.39 is 0 Å². The van der Waals surface area contributed by atoms with E-state index in [1.165, 1.54) is 32.0 Å². The molecule has 0 aliphatic carbocycles. The minimum Gasteiger partial charge on any atom is -0.396 e. The zero-order valence-corrected chi connectivity index (χ0v) is 10.9. The summed E-state index contributed by atoms with van der Waals surface area (Å²) in [6.07, 6.45) is 8.79. The number of nitrogens with zero attached hydrogens (tertiary/aromatic N) is 2. The number of nitrogens with two attached hydrogens (primary N) is 1. The highest BCUT2D eigenvalue weighted by Gasteiger charge is 2.09. The van der Waals surface area contributed by atoms with Crippen molar-refractivity contribution in [2.45, 2.75) is 19.3 Å². The quantitative estimate of drug-likeness (QED) is 0.427. The molecule has 1 aliphatic heterocycles. The Morgan fingerprint density at radius 1 is 1.50 bits per heavy atom. The van der Waals surface area contributed by atoms with Crippen LogP contribution in [-0.2, 0) is 4.79 Å². The maximum absolute atomic E-state index is 9.85. The summed E-state index contributed by atoms with van der Waals surface area (Å²) in [6, 6.07) is 2.15. The average Bonchev–Trinajstić information content (AvgIpc) is 2.90. The molecule has 1 aliphatic rings. The number of likely N-dealkylation sites (tertiary alicyclic amines) is 1. The number of carbonyl (C=O) groups is 1. The van der Waals surface area contributed by atoms with Crippen LogP contribution in [0.25, 0.3) is 0 Å². The van der Waals surface area contributed by atoms with Crippen molar-refractivity contribution >= 4 is 6.29 Å². The Bertz CT molecular complexity index is 311. The molecule has 0 aromatic carbocycles. The van der Waals surface area contributed by atoms with E-state index in [0.717, 1.165) is 6.54 Å². The molecule has 0 amide bonds. The Labute approximate surface area is 109 Å². The molecule has 5 heteroatoms. The van der Waals surface area contributed by atoms with E-state index in [9.17, 15) is 4.79 Å². The molecule has 0 spiro atoms. The van der Waals surface area contributed by atoms with Crippen LogP contribution in [0, 0.1) is 11.3 Å². The third kappa shape index (κ3) is 9.43. The molecule has 0 saturated carbocycles. The first kappa shape index (κ1) is 16.2. The molecule has 0 bridgehead atoms. The van der Waals surface area contributed by atoms with Gasteiger partial charge in [-0.1, -0.05) is 0 Å². The fraction of sp³-hybridized carbons (Fsp3) is 0.538. The number of carbonyl (C=O) groups excluding carboxylic acids is 1. The number of aldehydes is 1. The average molecular weight is 250 g/mol. The van der Waals surface area contributed by atoms with Gasteiger partial charge in [-0.15, -0.1) is 0 Å². The molecular formula is C13H22N4O. The van der Waals surface area contributed by atoms with Gasteiger partial charge in [0.2, 0.25) is 0 Å². The number of allylic oxidation sites excluding steroid dienone is 3. The lowest BCUT2D eigenvalue weighted by atomic mass is 10.4. The Balaban J connectivity index is 0.000000321. The number of hydrogen-bond acceptors (Lipinski definition) is 5. The molecule has 0 aromatic heterocycles. The van der Waals surface area contributed by atoms with E-state index in [-0.39, 0.29) is 5.70 Å². The molecule has 1 heterocycles. The summed E-state index contributed by atoms with van der Waals surface area (Å²) in [6.45, 7) is 3.40. The van der Waals surface area contributed by atoms with Crippen LogP contribution in [0.15, 0.2) is 24.0 Å². The van der Waals surface area contributed by atoms with Gasteiger partial charge in [-0.2, -0.15) is 5.26 Å². The largest absolute Gasteiger partial charge is 0.396 e. The standard InChI is InChI=1S/C7H12N2.C6H10N2O/c8-4-3-7-9-5-1-2-6-9;1-8-4-2-3-6(7)5-9/h1-3,5-7H2;2-5,8H,7H2,1H3/b;4-2-,6-3+. The molecule has 100 valence electrons. The summed E-state index contributed by atoms with van der Waals surface area (Å²) in [7, 11) is 1.77. The molecule has 3 N–H and O–H groups in total. The molecule has 0 aromatic rings. The normalized spacial score (nSPS) is 15.9. The molecule has 0 radical (unpaired) electrons. The molecule has 5 nitrogen and oxygen atoms in total. The van der Waals surface area contributed by atoms with Gasteiger partial charge >= 0.3 is 0 Å². The van der Waals surface area contributed by atoms with E-state index in [0.29, 0.717) is 12.7 Å². The Kier molecular flexibility index (Phi) is 10.5. The third-order valence-corrected chi connectivity index (χ3v) is 2.43. The second-order valence-electron chi connectivity index (χ2n) is 3.89. The first-order chi connectivity index (χ1) is 8.74. The minimum absolute atomic E-state index is 0.224. The van der Waals surface area contributed by atoms with Crippen LogP contribution in [0.4, 0.5) is 0 Å². The van der Waals surface area contributed by atoms with Gasteiger partial charge in [0.25, 0.3) is 0 Å². The topological polar surface area (TPSA) is 82.1 Å². The zero-order valence-electron chi connectivity index (χ0n) is 10.9. The van der Waals surface area contributed by atoms with Crippen molar-refractivity contribution in [3.05, 3.63) is 24.0 Å². The summed E-state index contributed by atoms with van der Waals surface area (Å²) in [5, 5.41) is 11.0. The molecule has 1 rings (SSSR count). The predicted molar refractivity (Wildman–Crippen MR) is 72.4 cm³/mol.